The van der Waals surface area contributed by atoms with Gasteiger partial charge in [0.05, 0.1) is 5.02 Å². The number of benzene rings is 1. The fourth-order valence-electron chi connectivity index (χ4n) is 4.68. The molecule has 0 aromatic heterocycles. The van der Waals surface area contributed by atoms with Crippen LogP contribution in [-0.4, -0.2) is 0 Å². The quantitative estimate of drug-likeness (QED) is 0.474. The predicted octanol–water partition coefficient (Wildman–Crippen LogP) is 7.61. The van der Waals surface area contributed by atoms with E-state index in [9.17, 15) is 4.39 Å². The van der Waals surface area contributed by atoms with E-state index < -0.39 is 0 Å². The van der Waals surface area contributed by atoms with Gasteiger partial charge in [-0.3, -0.25) is 0 Å². The summed E-state index contributed by atoms with van der Waals surface area (Å²) in [5.41, 5.74) is 2.80. The van der Waals surface area contributed by atoms with Crippen molar-refractivity contribution in [1.82, 2.24) is 0 Å². The minimum Gasteiger partial charge on any atom is -0.205 e. The summed E-state index contributed by atoms with van der Waals surface area (Å²) in [5, 5.41) is 0.324. The van der Waals surface area contributed by atoms with Gasteiger partial charge in [-0.05, 0) is 80.3 Å². The molecule has 1 aromatic carbocycles. The largest absolute Gasteiger partial charge is 0.205 e. The van der Waals surface area contributed by atoms with E-state index in [0.717, 1.165) is 60.1 Å². The first-order chi connectivity index (χ1) is 12.1. The molecule has 1 atom stereocenters. The molecule has 0 amide bonds. The number of hydrogen-bond donors (Lipinski definition) is 0. The van der Waals surface area contributed by atoms with E-state index in [1.54, 1.807) is 0 Å². The van der Waals surface area contributed by atoms with Gasteiger partial charge in [-0.2, -0.15) is 0 Å². The molecule has 2 heteroatoms. The fraction of sp³-hybridized carbons (Fsp3) is 0.565. The lowest BCUT2D eigenvalue weighted by atomic mass is 9.71. The third-order valence-corrected chi connectivity index (χ3v) is 6.70. The standard InChI is InChI=1S/C23H30ClF/c1-3-5-20-14-15-21(23(25)22(20)24)19-12-10-18(11-13-19)17-8-6-16(4-2)7-9-17/h4,12,14-18H,2-3,5-11,13H2,1H3. The molecule has 1 aromatic rings. The van der Waals surface area contributed by atoms with E-state index in [0.29, 0.717) is 5.02 Å². The lowest BCUT2D eigenvalue weighted by molar-refractivity contribution is 0.212. The molecule has 0 saturated heterocycles. The van der Waals surface area contributed by atoms with Crippen LogP contribution in [0.2, 0.25) is 5.02 Å². The highest BCUT2D eigenvalue weighted by atomic mass is 35.5. The second kappa shape index (κ2) is 8.54. The highest BCUT2D eigenvalue weighted by Gasteiger charge is 2.28. The van der Waals surface area contributed by atoms with Crippen LogP contribution in [0.3, 0.4) is 0 Å². The summed E-state index contributed by atoms with van der Waals surface area (Å²) in [7, 11) is 0. The van der Waals surface area contributed by atoms with Crippen LogP contribution in [0.1, 0.15) is 69.4 Å². The Bertz CT molecular complexity index is 638. The van der Waals surface area contributed by atoms with Gasteiger partial charge in [-0.1, -0.05) is 49.2 Å². The topological polar surface area (TPSA) is 0 Å². The van der Waals surface area contributed by atoms with Crippen molar-refractivity contribution in [2.45, 2.75) is 64.7 Å². The molecule has 0 aliphatic heterocycles. The molecule has 1 saturated carbocycles. The van der Waals surface area contributed by atoms with Gasteiger partial charge in [0.2, 0.25) is 0 Å². The van der Waals surface area contributed by atoms with E-state index in [1.165, 1.54) is 32.1 Å². The molecule has 0 heterocycles. The molecule has 2 aliphatic rings. The normalized spacial score (nSPS) is 27.0. The zero-order chi connectivity index (χ0) is 17.8. The highest BCUT2D eigenvalue weighted by Crippen LogP contribution is 2.42. The van der Waals surface area contributed by atoms with Gasteiger partial charge >= 0.3 is 0 Å². The molecule has 3 rings (SSSR count). The van der Waals surface area contributed by atoms with Gasteiger partial charge in [0.1, 0.15) is 5.82 Å². The van der Waals surface area contributed by atoms with Crippen LogP contribution in [0.25, 0.3) is 5.57 Å². The molecular weight excluding hydrogens is 331 g/mol. The number of halogens is 2. The molecule has 0 bridgehead atoms. The first kappa shape index (κ1) is 18.7. The Labute approximate surface area is 157 Å². The molecule has 2 aliphatic carbocycles. The van der Waals surface area contributed by atoms with Crippen molar-refractivity contribution in [3.05, 3.63) is 52.8 Å². The van der Waals surface area contributed by atoms with Crippen molar-refractivity contribution in [1.29, 1.82) is 0 Å². The Morgan fingerprint density at radius 2 is 1.92 bits per heavy atom. The molecule has 0 N–H and O–H groups in total. The fourth-order valence-corrected chi connectivity index (χ4v) is 4.94. The van der Waals surface area contributed by atoms with Crippen LogP contribution in [0.4, 0.5) is 4.39 Å². The zero-order valence-corrected chi connectivity index (χ0v) is 16.1. The Morgan fingerprint density at radius 3 is 2.52 bits per heavy atom. The first-order valence-corrected chi connectivity index (χ1v) is 10.3. The summed E-state index contributed by atoms with van der Waals surface area (Å²) >= 11 is 6.26. The summed E-state index contributed by atoms with van der Waals surface area (Å²) in [6.45, 7) is 6.03. The molecule has 1 fully saturated rings. The first-order valence-electron chi connectivity index (χ1n) is 9.92. The maximum Gasteiger partial charge on any atom is 0.149 e. The third-order valence-electron chi connectivity index (χ3n) is 6.30. The van der Waals surface area contributed by atoms with Gasteiger partial charge in [0, 0.05) is 5.56 Å². The maximum atomic E-state index is 14.7. The summed E-state index contributed by atoms with van der Waals surface area (Å²) in [5.74, 6) is 2.12. The maximum absolute atomic E-state index is 14.7. The Balaban J connectivity index is 1.67. The SMILES string of the molecule is C=CC1CCC(C2CC=C(c3ccc(CCC)c(Cl)c3F)CC2)CC1. The minimum atomic E-state index is -0.219. The van der Waals surface area contributed by atoms with Crippen molar-refractivity contribution in [2.75, 3.05) is 0 Å². The third kappa shape index (κ3) is 4.19. The number of rotatable bonds is 5. The molecule has 0 spiro atoms. The number of aryl methyl sites for hydroxylation is 1. The molecule has 0 nitrogen and oxygen atoms in total. The van der Waals surface area contributed by atoms with E-state index in [-0.39, 0.29) is 5.82 Å². The minimum absolute atomic E-state index is 0.219. The van der Waals surface area contributed by atoms with Crippen molar-refractivity contribution in [3.63, 3.8) is 0 Å². The van der Waals surface area contributed by atoms with Crippen LogP contribution in [0, 0.1) is 23.6 Å². The lowest BCUT2D eigenvalue weighted by Crippen LogP contribution is -2.22. The van der Waals surface area contributed by atoms with E-state index in [1.807, 2.05) is 12.1 Å². The highest BCUT2D eigenvalue weighted by molar-refractivity contribution is 6.31. The lowest BCUT2D eigenvalue weighted by Gasteiger charge is -2.34. The van der Waals surface area contributed by atoms with Gasteiger partial charge in [-0.15, -0.1) is 6.58 Å². The molecule has 0 radical (unpaired) electrons. The summed E-state index contributed by atoms with van der Waals surface area (Å²) < 4.78 is 14.7. The molecular formula is C23H30ClF. The van der Waals surface area contributed by atoms with E-state index in [4.69, 9.17) is 11.6 Å². The van der Waals surface area contributed by atoms with Crippen molar-refractivity contribution in [3.8, 4) is 0 Å². The summed E-state index contributed by atoms with van der Waals surface area (Å²) in [4.78, 5) is 0. The van der Waals surface area contributed by atoms with Crippen LogP contribution >= 0.6 is 11.6 Å². The molecule has 1 unspecified atom stereocenters. The average molecular weight is 361 g/mol. The second-order valence-corrected chi connectivity index (χ2v) is 8.20. The van der Waals surface area contributed by atoms with E-state index in [2.05, 4.69) is 25.7 Å². The average Bonchev–Trinajstić information content (AvgIpc) is 2.66. The van der Waals surface area contributed by atoms with Gasteiger partial charge in [0.15, 0.2) is 0 Å². The van der Waals surface area contributed by atoms with E-state index >= 15 is 0 Å². The molecule has 136 valence electrons. The van der Waals surface area contributed by atoms with Crippen molar-refractivity contribution < 1.29 is 4.39 Å². The smallest absolute Gasteiger partial charge is 0.149 e. The van der Waals surface area contributed by atoms with Gasteiger partial charge in [-0.25, -0.2) is 4.39 Å². The Morgan fingerprint density at radius 1 is 1.16 bits per heavy atom. The van der Waals surface area contributed by atoms with Crippen LogP contribution in [0.15, 0.2) is 30.9 Å². The van der Waals surface area contributed by atoms with Crippen LogP contribution < -0.4 is 0 Å². The van der Waals surface area contributed by atoms with Gasteiger partial charge in [0.25, 0.3) is 0 Å². The monoisotopic (exact) mass is 360 g/mol. The summed E-state index contributed by atoms with van der Waals surface area (Å²) in [6, 6.07) is 3.95. The van der Waals surface area contributed by atoms with Crippen molar-refractivity contribution >= 4 is 17.2 Å². The van der Waals surface area contributed by atoms with Crippen LogP contribution in [0.5, 0.6) is 0 Å². The van der Waals surface area contributed by atoms with Crippen LogP contribution in [-0.2, 0) is 6.42 Å². The Kier molecular flexibility index (Phi) is 6.39. The summed E-state index contributed by atoms with van der Waals surface area (Å²) in [6.07, 6.45) is 14.7. The number of allylic oxidation sites excluding steroid dienone is 3. The van der Waals surface area contributed by atoms with Crippen molar-refractivity contribution in [2.24, 2.45) is 17.8 Å². The zero-order valence-electron chi connectivity index (χ0n) is 15.4. The Hall–Kier alpha value is -1.08. The predicted molar refractivity (Wildman–Crippen MR) is 106 cm³/mol. The van der Waals surface area contributed by atoms with Gasteiger partial charge < -0.3 is 0 Å². The number of hydrogen-bond acceptors (Lipinski definition) is 0. The molecule has 25 heavy (non-hydrogen) atoms. The second-order valence-electron chi connectivity index (χ2n) is 7.82.